The first-order valence-corrected chi connectivity index (χ1v) is 10.7. The van der Waals surface area contributed by atoms with E-state index in [1.807, 2.05) is 30.3 Å². The molecule has 0 atom stereocenters. The summed E-state index contributed by atoms with van der Waals surface area (Å²) in [7, 11) is 0. The summed E-state index contributed by atoms with van der Waals surface area (Å²) in [6.45, 7) is 4.22. The van der Waals surface area contributed by atoms with E-state index in [0.717, 1.165) is 6.42 Å². The number of esters is 1. The summed E-state index contributed by atoms with van der Waals surface area (Å²) in [4.78, 5) is 33.3. The van der Waals surface area contributed by atoms with Crippen molar-refractivity contribution in [1.82, 2.24) is 15.3 Å². The normalized spacial score (nSPS) is 10.7. The monoisotopic (exact) mass is 444 g/mol. The Bertz CT molecular complexity index is 1270. The third kappa shape index (κ3) is 5.01. The molecule has 2 N–H and O–H groups in total. The van der Waals surface area contributed by atoms with Gasteiger partial charge in [0.1, 0.15) is 23.5 Å². The Balaban J connectivity index is 1.47. The summed E-state index contributed by atoms with van der Waals surface area (Å²) in [5.74, 6) is 0.195. The van der Waals surface area contributed by atoms with E-state index in [4.69, 9.17) is 9.15 Å². The Labute approximate surface area is 191 Å². The van der Waals surface area contributed by atoms with Gasteiger partial charge in [-0.1, -0.05) is 30.3 Å². The van der Waals surface area contributed by atoms with Crippen molar-refractivity contribution in [1.29, 1.82) is 0 Å². The van der Waals surface area contributed by atoms with Gasteiger partial charge in [-0.3, -0.25) is 4.79 Å². The lowest BCUT2D eigenvalue weighted by Crippen LogP contribution is -2.25. The molecule has 0 bridgehead atoms. The summed E-state index contributed by atoms with van der Waals surface area (Å²) in [5.41, 5.74) is 3.01. The second kappa shape index (κ2) is 9.95. The van der Waals surface area contributed by atoms with Crippen LogP contribution in [-0.4, -0.2) is 35.0 Å². The van der Waals surface area contributed by atoms with E-state index in [2.05, 4.69) is 20.6 Å². The number of rotatable bonds is 8. The van der Waals surface area contributed by atoms with Gasteiger partial charge < -0.3 is 19.8 Å². The van der Waals surface area contributed by atoms with Gasteiger partial charge in [-0.15, -0.1) is 0 Å². The van der Waals surface area contributed by atoms with Crippen molar-refractivity contribution in [2.75, 3.05) is 18.5 Å². The first-order valence-electron chi connectivity index (χ1n) is 10.7. The SMILES string of the molecule is CCOC(=O)c1c(C)oc2ncnc(Nc3ccc(C(=O)NCCc4ccccc4)cc3)c12. The Hall–Kier alpha value is -4.20. The highest BCUT2D eigenvalue weighted by atomic mass is 16.5. The molecule has 0 saturated heterocycles. The molecule has 8 nitrogen and oxygen atoms in total. The minimum Gasteiger partial charge on any atom is -0.462 e. The molecule has 4 aromatic rings. The van der Waals surface area contributed by atoms with Crippen LogP contribution < -0.4 is 10.6 Å². The highest BCUT2D eigenvalue weighted by molar-refractivity contribution is 6.08. The van der Waals surface area contributed by atoms with E-state index in [9.17, 15) is 9.59 Å². The first kappa shape index (κ1) is 22.0. The van der Waals surface area contributed by atoms with E-state index < -0.39 is 5.97 Å². The summed E-state index contributed by atoms with van der Waals surface area (Å²) < 4.78 is 10.8. The number of carbonyl (C=O) groups excluding carboxylic acids is 2. The topological polar surface area (TPSA) is 106 Å². The Kier molecular flexibility index (Phi) is 6.64. The predicted molar refractivity (Wildman–Crippen MR) is 125 cm³/mol. The van der Waals surface area contributed by atoms with Crippen LogP contribution in [0.15, 0.2) is 65.3 Å². The van der Waals surface area contributed by atoms with Crippen molar-refractivity contribution < 1.29 is 18.7 Å². The molecule has 0 fully saturated rings. The van der Waals surface area contributed by atoms with Crippen molar-refractivity contribution in [2.24, 2.45) is 0 Å². The fourth-order valence-corrected chi connectivity index (χ4v) is 3.50. The number of amides is 1. The molecule has 0 unspecified atom stereocenters. The van der Waals surface area contributed by atoms with Gasteiger partial charge in [-0.25, -0.2) is 14.8 Å². The number of anilines is 2. The number of carbonyl (C=O) groups is 2. The first-order chi connectivity index (χ1) is 16.1. The maximum Gasteiger partial charge on any atom is 0.342 e. The fraction of sp³-hybridized carbons (Fsp3) is 0.200. The van der Waals surface area contributed by atoms with Crippen LogP contribution in [0.3, 0.4) is 0 Å². The Morgan fingerprint density at radius 3 is 2.52 bits per heavy atom. The molecule has 0 spiro atoms. The van der Waals surface area contributed by atoms with Crippen LogP contribution in [0.2, 0.25) is 0 Å². The number of fused-ring (bicyclic) bond motifs is 1. The molecule has 1 amide bonds. The zero-order chi connectivity index (χ0) is 23.2. The average molecular weight is 444 g/mol. The van der Waals surface area contributed by atoms with Crippen LogP contribution in [0.5, 0.6) is 0 Å². The van der Waals surface area contributed by atoms with Gasteiger partial charge in [0.25, 0.3) is 5.91 Å². The van der Waals surface area contributed by atoms with Crippen LogP contribution in [0.1, 0.15) is 39.0 Å². The molecular formula is C25H24N4O4. The van der Waals surface area contributed by atoms with Crippen LogP contribution in [0, 0.1) is 6.92 Å². The molecule has 2 aromatic heterocycles. The zero-order valence-corrected chi connectivity index (χ0v) is 18.4. The third-order valence-corrected chi connectivity index (χ3v) is 5.10. The maximum absolute atomic E-state index is 12.4. The molecule has 0 radical (unpaired) electrons. The highest BCUT2D eigenvalue weighted by Gasteiger charge is 2.23. The van der Waals surface area contributed by atoms with Gasteiger partial charge >= 0.3 is 5.97 Å². The quantitative estimate of drug-likeness (QED) is 0.387. The maximum atomic E-state index is 12.4. The second-order valence-corrected chi connectivity index (χ2v) is 7.35. The third-order valence-electron chi connectivity index (χ3n) is 5.10. The van der Waals surface area contributed by atoms with Crippen LogP contribution in [0.25, 0.3) is 11.1 Å². The molecule has 168 valence electrons. The van der Waals surface area contributed by atoms with Crippen molar-refractivity contribution in [3.8, 4) is 0 Å². The lowest BCUT2D eigenvalue weighted by atomic mass is 10.1. The van der Waals surface area contributed by atoms with Crippen molar-refractivity contribution >= 4 is 34.5 Å². The molecule has 0 aliphatic heterocycles. The molecule has 0 aliphatic carbocycles. The van der Waals surface area contributed by atoms with E-state index in [1.165, 1.54) is 11.9 Å². The number of benzene rings is 2. The standard InChI is InChI=1S/C25H24N4O4/c1-3-32-25(31)20-16(2)33-24-21(20)22(27-15-28-24)29-19-11-9-18(10-12-19)23(30)26-14-13-17-7-5-4-6-8-17/h4-12,15H,3,13-14H2,1-2H3,(H,26,30)(H,27,28,29). The molecular weight excluding hydrogens is 420 g/mol. The molecule has 0 saturated carbocycles. The lowest BCUT2D eigenvalue weighted by Gasteiger charge is -2.09. The summed E-state index contributed by atoms with van der Waals surface area (Å²) in [6.07, 6.45) is 2.12. The number of hydrogen-bond donors (Lipinski definition) is 2. The zero-order valence-electron chi connectivity index (χ0n) is 18.4. The molecule has 8 heteroatoms. The smallest absolute Gasteiger partial charge is 0.342 e. The number of nitrogens with one attached hydrogen (secondary N) is 2. The van der Waals surface area contributed by atoms with E-state index in [1.54, 1.807) is 38.1 Å². The van der Waals surface area contributed by atoms with Crippen LogP contribution in [-0.2, 0) is 11.2 Å². The minimum absolute atomic E-state index is 0.142. The van der Waals surface area contributed by atoms with Crippen LogP contribution >= 0.6 is 0 Å². The van der Waals surface area contributed by atoms with Gasteiger partial charge in [0.05, 0.1) is 12.0 Å². The van der Waals surface area contributed by atoms with E-state index >= 15 is 0 Å². The highest BCUT2D eigenvalue weighted by Crippen LogP contribution is 2.31. The van der Waals surface area contributed by atoms with E-state index in [0.29, 0.717) is 46.0 Å². The molecule has 33 heavy (non-hydrogen) atoms. The largest absolute Gasteiger partial charge is 0.462 e. The average Bonchev–Trinajstić information content (AvgIpc) is 3.17. The van der Waals surface area contributed by atoms with Gasteiger partial charge in [-0.2, -0.15) is 0 Å². The van der Waals surface area contributed by atoms with Gasteiger partial charge in [0, 0.05) is 17.8 Å². The number of furan rings is 1. The Morgan fingerprint density at radius 2 is 1.79 bits per heavy atom. The molecule has 4 rings (SSSR count). The number of aromatic nitrogens is 2. The van der Waals surface area contributed by atoms with Crippen molar-refractivity contribution in [2.45, 2.75) is 20.3 Å². The van der Waals surface area contributed by atoms with Crippen molar-refractivity contribution in [3.63, 3.8) is 0 Å². The second-order valence-electron chi connectivity index (χ2n) is 7.35. The lowest BCUT2D eigenvalue weighted by molar-refractivity contribution is 0.0526. The molecule has 0 aliphatic rings. The van der Waals surface area contributed by atoms with Crippen LogP contribution in [0.4, 0.5) is 11.5 Å². The predicted octanol–water partition coefficient (Wildman–Crippen LogP) is 4.42. The number of hydrogen-bond acceptors (Lipinski definition) is 7. The van der Waals surface area contributed by atoms with Gasteiger partial charge in [0.2, 0.25) is 5.71 Å². The fourth-order valence-electron chi connectivity index (χ4n) is 3.50. The summed E-state index contributed by atoms with van der Waals surface area (Å²) in [5, 5.41) is 6.56. The van der Waals surface area contributed by atoms with Gasteiger partial charge in [0.15, 0.2) is 0 Å². The number of nitrogens with zero attached hydrogens (tertiary/aromatic N) is 2. The number of ether oxygens (including phenoxy) is 1. The molecule has 2 aromatic carbocycles. The number of aryl methyl sites for hydroxylation is 1. The summed E-state index contributed by atoms with van der Waals surface area (Å²) >= 11 is 0. The van der Waals surface area contributed by atoms with Crippen molar-refractivity contribution in [3.05, 3.63) is 83.4 Å². The molecule has 2 heterocycles. The Morgan fingerprint density at radius 1 is 1.03 bits per heavy atom. The minimum atomic E-state index is -0.492. The van der Waals surface area contributed by atoms with Gasteiger partial charge in [-0.05, 0) is 50.1 Å². The van der Waals surface area contributed by atoms with E-state index in [-0.39, 0.29) is 12.5 Å². The summed E-state index contributed by atoms with van der Waals surface area (Å²) in [6, 6.07) is 17.0.